The van der Waals surface area contributed by atoms with Gasteiger partial charge in [-0.2, -0.15) is 0 Å². The molecule has 0 fully saturated rings. The molecule has 0 aliphatic carbocycles. The summed E-state index contributed by atoms with van der Waals surface area (Å²) >= 11 is 1.56. The highest BCUT2D eigenvalue weighted by Crippen LogP contribution is 2.27. The fourth-order valence-electron chi connectivity index (χ4n) is 2.39. The molecule has 2 aromatic carbocycles. The van der Waals surface area contributed by atoms with Gasteiger partial charge in [0.2, 0.25) is 5.91 Å². The largest absolute Gasteiger partial charge is 0.350 e. The number of hydrogen-bond donors (Lipinski definition) is 2. The van der Waals surface area contributed by atoms with Crippen LogP contribution >= 0.6 is 11.3 Å². The summed E-state index contributed by atoms with van der Waals surface area (Å²) in [5, 5.41) is 6.38. The number of nitrogens with zero attached hydrogens (tertiary/aromatic N) is 1. The molecule has 3 rings (SSSR count). The van der Waals surface area contributed by atoms with Crippen molar-refractivity contribution in [3.05, 3.63) is 76.8 Å². The zero-order valence-electron chi connectivity index (χ0n) is 14.4. The summed E-state index contributed by atoms with van der Waals surface area (Å²) in [6, 6.07) is 18.8. The molecule has 0 radical (unpaired) electrons. The molecule has 0 bridgehead atoms. The number of benzene rings is 2. The smallest absolute Gasteiger partial charge is 0.251 e. The highest BCUT2D eigenvalue weighted by atomic mass is 32.1. The highest BCUT2D eigenvalue weighted by Gasteiger charge is 2.11. The van der Waals surface area contributed by atoms with Crippen molar-refractivity contribution in [2.75, 3.05) is 6.54 Å². The highest BCUT2D eigenvalue weighted by molar-refractivity contribution is 7.15. The normalized spacial score (nSPS) is 10.3. The molecule has 0 aliphatic heterocycles. The topological polar surface area (TPSA) is 71.1 Å². The molecule has 26 heavy (non-hydrogen) atoms. The van der Waals surface area contributed by atoms with Crippen LogP contribution < -0.4 is 10.6 Å². The Bertz CT molecular complexity index is 892. The summed E-state index contributed by atoms with van der Waals surface area (Å²) < 4.78 is 0. The van der Waals surface area contributed by atoms with E-state index in [2.05, 4.69) is 15.6 Å². The van der Waals surface area contributed by atoms with Gasteiger partial charge in [0.1, 0.15) is 5.01 Å². The monoisotopic (exact) mass is 365 g/mol. The van der Waals surface area contributed by atoms with E-state index in [1.165, 1.54) is 0 Å². The van der Waals surface area contributed by atoms with Crippen LogP contribution in [0.3, 0.4) is 0 Å². The number of aryl methyl sites for hydroxylation is 1. The molecule has 1 aromatic heterocycles. The van der Waals surface area contributed by atoms with E-state index in [1.54, 1.807) is 35.6 Å². The summed E-state index contributed by atoms with van der Waals surface area (Å²) in [5.74, 6) is -0.496. The number of nitrogens with one attached hydrogen (secondary N) is 2. The van der Waals surface area contributed by atoms with Gasteiger partial charge in [-0.15, -0.1) is 11.3 Å². The van der Waals surface area contributed by atoms with Crippen LogP contribution in [0.1, 0.15) is 20.9 Å². The summed E-state index contributed by atoms with van der Waals surface area (Å²) in [5.41, 5.74) is 2.50. The van der Waals surface area contributed by atoms with Gasteiger partial charge < -0.3 is 10.6 Å². The van der Waals surface area contributed by atoms with Gasteiger partial charge in [0.25, 0.3) is 5.91 Å². The maximum absolute atomic E-state index is 12.0. The SMILES string of the molecule is Cc1nc(-c2ccccc2)sc1CNC(=O)CNC(=O)c1ccccc1. The Balaban J connectivity index is 1.52. The zero-order valence-corrected chi connectivity index (χ0v) is 15.2. The van der Waals surface area contributed by atoms with Crippen molar-refractivity contribution in [1.82, 2.24) is 15.6 Å². The molecular weight excluding hydrogens is 346 g/mol. The van der Waals surface area contributed by atoms with Crippen LogP contribution in [-0.4, -0.2) is 23.3 Å². The van der Waals surface area contributed by atoms with E-state index < -0.39 is 0 Å². The molecule has 0 saturated heterocycles. The molecule has 0 unspecified atom stereocenters. The minimum atomic E-state index is -0.263. The van der Waals surface area contributed by atoms with Crippen molar-refractivity contribution in [3.63, 3.8) is 0 Å². The van der Waals surface area contributed by atoms with Crippen molar-refractivity contribution < 1.29 is 9.59 Å². The minimum Gasteiger partial charge on any atom is -0.350 e. The number of carbonyl (C=O) groups is 2. The van der Waals surface area contributed by atoms with Gasteiger partial charge in [-0.05, 0) is 19.1 Å². The first-order chi connectivity index (χ1) is 12.6. The van der Waals surface area contributed by atoms with E-state index in [0.717, 1.165) is 21.1 Å². The Morgan fingerprint density at radius 2 is 1.62 bits per heavy atom. The maximum atomic E-state index is 12.0. The fraction of sp³-hybridized carbons (Fsp3) is 0.150. The first-order valence-electron chi connectivity index (χ1n) is 8.25. The zero-order chi connectivity index (χ0) is 18.4. The molecule has 6 heteroatoms. The molecule has 0 atom stereocenters. The van der Waals surface area contributed by atoms with Gasteiger partial charge in [0, 0.05) is 16.0 Å². The second-order valence-corrected chi connectivity index (χ2v) is 6.80. The van der Waals surface area contributed by atoms with E-state index >= 15 is 0 Å². The fourth-order valence-corrected chi connectivity index (χ4v) is 3.40. The predicted molar refractivity (Wildman–Crippen MR) is 103 cm³/mol. The van der Waals surface area contributed by atoms with Gasteiger partial charge in [0.15, 0.2) is 0 Å². The van der Waals surface area contributed by atoms with Crippen LogP contribution in [0.25, 0.3) is 10.6 Å². The maximum Gasteiger partial charge on any atom is 0.251 e. The van der Waals surface area contributed by atoms with Crippen LogP contribution in [0, 0.1) is 6.92 Å². The average Bonchev–Trinajstić information content (AvgIpc) is 3.06. The molecule has 132 valence electrons. The van der Waals surface area contributed by atoms with E-state index in [1.807, 2.05) is 43.3 Å². The van der Waals surface area contributed by atoms with Crippen molar-refractivity contribution in [2.45, 2.75) is 13.5 Å². The van der Waals surface area contributed by atoms with Crippen LogP contribution in [0.4, 0.5) is 0 Å². The second kappa shape index (κ2) is 8.40. The molecule has 2 amide bonds. The number of thiazole rings is 1. The molecule has 0 aliphatic rings. The molecule has 0 spiro atoms. The number of hydrogen-bond acceptors (Lipinski definition) is 4. The van der Waals surface area contributed by atoms with E-state index in [4.69, 9.17) is 0 Å². The van der Waals surface area contributed by atoms with Gasteiger partial charge in [-0.25, -0.2) is 4.98 Å². The van der Waals surface area contributed by atoms with Crippen molar-refractivity contribution >= 4 is 23.2 Å². The summed E-state index contributed by atoms with van der Waals surface area (Å²) in [6.45, 7) is 2.27. The first kappa shape index (κ1) is 17.8. The third kappa shape index (κ3) is 4.55. The van der Waals surface area contributed by atoms with Crippen LogP contribution in [0.2, 0.25) is 0 Å². The van der Waals surface area contributed by atoms with Crippen molar-refractivity contribution in [1.29, 1.82) is 0 Å². The van der Waals surface area contributed by atoms with Crippen LogP contribution in [-0.2, 0) is 11.3 Å². The van der Waals surface area contributed by atoms with Gasteiger partial charge in [-0.1, -0.05) is 48.5 Å². The Morgan fingerprint density at radius 1 is 0.962 bits per heavy atom. The molecule has 1 heterocycles. The lowest BCUT2D eigenvalue weighted by atomic mass is 10.2. The number of amides is 2. The van der Waals surface area contributed by atoms with Crippen LogP contribution in [0.5, 0.6) is 0 Å². The number of aromatic nitrogens is 1. The summed E-state index contributed by atoms with van der Waals surface area (Å²) in [4.78, 5) is 29.5. The minimum absolute atomic E-state index is 0.0584. The number of rotatable bonds is 6. The van der Waals surface area contributed by atoms with Crippen molar-refractivity contribution in [2.24, 2.45) is 0 Å². The van der Waals surface area contributed by atoms with E-state index in [-0.39, 0.29) is 18.4 Å². The first-order valence-corrected chi connectivity index (χ1v) is 9.07. The van der Waals surface area contributed by atoms with E-state index in [0.29, 0.717) is 12.1 Å². The molecule has 5 nitrogen and oxygen atoms in total. The average molecular weight is 365 g/mol. The summed E-state index contributed by atoms with van der Waals surface area (Å²) in [7, 11) is 0. The van der Waals surface area contributed by atoms with Gasteiger partial charge in [0.05, 0.1) is 18.8 Å². The number of carbonyl (C=O) groups excluding carboxylic acids is 2. The Kier molecular flexibility index (Phi) is 5.76. The Labute approximate surface area is 156 Å². The Morgan fingerprint density at radius 3 is 2.31 bits per heavy atom. The molecular formula is C20H19N3O2S. The van der Waals surface area contributed by atoms with Gasteiger partial charge in [-0.3, -0.25) is 9.59 Å². The lowest BCUT2D eigenvalue weighted by Gasteiger charge is -2.06. The Hall–Kier alpha value is -2.99. The lowest BCUT2D eigenvalue weighted by molar-refractivity contribution is -0.120. The third-order valence-corrected chi connectivity index (χ3v) is 5.01. The second-order valence-electron chi connectivity index (χ2n) is 5.72. The van der Waals surface area contributed by atoms with Gasteiger partial charge >= 0.3 is 0 Å². The third-order valence-electron chi connectivity index (χ3n) is 3.80. The molecule has 3 aromatic rings. The molecule has 2 N–H and O–H groups in total. The predicted octanol–water partition coefficient (Wildman–Crippen LogP) is 3.16. The van der Waals surface area contributed by atoms with Crippen LogP contribution in [0.15, 0.2) is 60.7 Å². The van der Waals surface area contributed by atoms with Crippen molar-refractivity contribution in [3.8, 4) is 10.6 Å². The summed E-state index contributed by atoms with van der Waals surface area (Å²) in [6.07, 6.45) is 0. The van der Waals surface area contributed by atoms with E-state index in [9.17, 15) is 9.59 Å². The lowest BCUT2D eigenvalue weighted by Crippen LogP contribution is -2.36. The molecule has 0 saturated carbocycles. The quantitative estimate of drug-likeness (QED) is 0.705. The standard InChI is InChI=1S/C20H19N3O2S/c1-14-17(26-20(23-14)16-10-6-3-7-11-16)12-21-18(24)13-22-19(25)15-8-4-2-5-9-15/h2-11H,12-13H2,1H3,(H,21,24)(H,22,25).